The second-order valence-electron chi connectivity index (χ2n) is 7.37. The molecule has 3 rings (SSSR count). The van der Waals surface area contributed by atoms with Gasteiger partial charge >= 0.3 is 0 Å². The van der Waals surface area contributed by atoms with Gasteiger partial charge in [0.2, 0.25) is 5.91 Å². The Balaban J connectivity index is 1.75. The predicted octanol–water partition coefficient (Wildman–Crippen LogP) is 4.74. The maximum Gasteiger partial charge on any atom is 0.244 e. The fourth-order valence-electron chi connectivity index (χ4n) is 4.01. The summed E-state index contributed by atoms with van der Waals surface area (Å²) in [6.45, 7) is 0.625. The lowest BCUT2D eigenvalue weighted by Gasteiger charge is -2.38. The second-order valence-corrected chi connectivity index (χ2v) is 7.37. The van der Waals surface area contributed by atoms with Crippen LogP contribution in [-0.2, 0) is 10.2 Å². The van der Waals surface area contributed by atoms with Crippen molar-refractivity contribution in [2.24, 2.45) is 0 Å². The van der Waals surface area contributed by atoms with Gasteiger partial charge in [-0.25, -0.2) is 0 Å². The summed E-state index contributed by atoms with van der Waals surface area (Å²) in [4.78, 5) is 12.4. The van der Waals surface area contributed by atoms with Gasteiger partial charge in [-0.15, -0.1) is 0 Å². The molecule has 0 aliphatic heterocycles. The van der Waals surface area contributed by atoms with Gasteiger partial charge in [0, 0.05) is 18.0 Å². The molecule has 4 heteroatoms. The van der Waals surface area contributed by atoms with E-state index in [-0.39, 0.29) is 11.3 Å². The minimum Gasteiger partial charge on any atom is -0.493 e. The van der Waals surface area contributed by atoms with Crippen molar-refractivity contribution >= 4 is 12.0 Å². The van der Waals surface area contributed by atoms with Crippen molar-refractivity contribution in [2.75, 3.05) is 20.8 Å². The van der Waals surface area contributed by atoms with E-state index < -0.39 is 0 Å². The van der Waals surface area contributed by atoms with Crippen molar-refractivity contribution < 1.29 is 14.3 Å². The summed E-state index contributed by atoms with van der Waals surface area (Å²) in [6, 6.07) is 16.0. The van der Waals surface area contributed by atoms with E-state index in [9.17, 15) is 4.79 Å². The van der Waals surface area contributed by atoms with Crippen molar-refractivity contribution in [1.82, 2.24) is 5.32 Å². The summed E-state index contributed by atoms with van der Waals surface area (Å²) in [5.41, 5.74) is 2.16. The minimum absolute atomic E-state index is 0.0609. The summed E-state index contributed by atoms with van der Waals surface area (Å²) in [7, 11) is 3.30. The molecule has 0 heterocycles. The van der Waals surface area contributed by atoms with Crippen LogP contribution in [0.3, 0.4) is 0 Å². The van der Waals surface area contributed by atoms with Crippen molar-refractivity contribution in [1.29, 1.82) is 0 Å². The van der Waals surface area contributed by atoms with E-state index >= 15 is 0 Å². The summed E-state index contributed by atoms with van der Waals surface area (Å²) in [6.07, 6.45) is 9.17. The third-order valence-electron chi connectivity index (χ3n) is 5.63. The van der Waals surface area contributed by atoms with Crippen molar-refractivity contribution in [2.45, 2.75) is 37.5 Å². The molecule has 1 aliphatic carbocycles. The van der Waals surface area contributed by atoms with E-state index in [1.165, 1.54) is 24.8 Å². The lowest BCUT2D eigenvalue weighted by Crippen LogP contribution is -2.41. The van der Waals surface area contributed by atoms with E-state index in [0.29, 0.717) is 6.54 Å². The number of methoxy groups -OCH3 is 2. The fraction of sp³-hybridized carbons (Fsp3) is 0.375. The van der Waals surface area contributed by atoms with Gasteiger partial charge in [-0.2, -0.15) is 0 Å². The van der Waals surface area contributed by atoms with Crippen molar-refractivity contribution in [3.05, 3.63) is 65.7 Å². The first-order chi connectivity index (χ1) is 13.7. The first-order valence-corrected chi connectivity index (χ1v) is 9.90. The highest BCUT2D eigenvalue weighted by atomic mass is 16.5. The Kier molecular flexibility index (Phi) is 6.75. The monoisotopic (exact) mass is 379 g/mol. The Morgan fingerprint density at radius 2 is 1.71 bits per heavy atom. The minimum atomic E-state index is -0.0615. The Hall–Kier alpha value is -2.75. The van der Waals surface area contributed by atoms with E-state index in [0.717, 1.165) is 29.9 Å². The smallest absolute Gasteiger partial charge is 0.244 e. The molecule has 1 amide bonds. The number of hydrogen-bond donors (Lipinski definition) is 1. The molecule has 1 fully saturated rings. The fourth-order valence-corrected chi connectivity index (χ4v) is 4.01. The van der Waals surface area contributed by atoms with Crippen molar-refractivity contribution in [3.8, 4) is 11.5 Å². The van der Waals surface area contributed by atoms with E-state index in [2.05, 4.69) is 17.4 Å². The summed E-state index contributed by atoms with van der Waals surface area (Å²) in [5.74, 6) is 1.40. The number of nitrogens with one attached hydrogen (secondary N) is 1. The number of rotatable bonds is 7. The van der Waals surface area contributed by atoms with E-state index in [1.54, 1.807) is 20.3 Å². The SMILES string of the molecule is COc1ccc(C2(CNC(=O)/C=C/c3ccccc3)CCCCC2)cc1OC. The highest BCUT2D eigenvalue weighted by Gasteiger charge is 2.34. The zero-order chi connectivity index (χ0) is 19.8. The molecule has 0 spiro atoms. The predicted molar refractivity (Wildman–Crippen MR) is 113 cm³/mol. The molecule has 28 heavy (non-hydrogen) atoms. The molecule has 2 aromatic rings. The van der Waals surface area contributed by atoms with Gasteiger partial charge in [-0.05, 0) is 42.2 Å². The number of carbonyl (C=O) groups is 1. The molecule has 0 bridgehead atoms. The molecule has 1 saturated carbocycles. The van der Waals surface area contributed by atoms with Crippen LogP contribution in [-0.4, -0.2) is 26.7 Å². The average Bonchev–Trinajstić information content (AvgIpc) is 2.77. The largest absolute Gasteiger partial charge is 0.493 e. The van der Waals surface area contributed by atoms with Crippen LogP contribution in [0.2, 0.25) is 0 Å². The lowest BCUT2D eigenvalue weighted by molar-refractivity contribution is -0.116. The average molecular weight is 380 g/mol. The Morgan fingerprint density at radius 3 is 2.39 bits per heavy atom. The summed E-state index contributed by atoms with van der Waals surface area (Å²) >= 11 is 0. The third kappa shape index (κ3) is 4.75. The first kappa shape index (κ1) is 20.0. The topological polar surface area (TPSA) is 47.6 Å². The zero-order valence-electron chi connectivity index (χ0n) is 16.7. The summed E-state index contributed by atoms with van der Waals surface area (Å²) in [5, 5.41) is 3.13. The highest BCUT2D eigenvalue weighted by Crippen LogP contribution is 2.42. The number of benzene rings is 2. The quantitative estimate of drug-likeness (QED) is 0.707. The van der Waals surface area contributed by atoms with Crippen LogP contribution in [0.1, 0.15) is 43.2 Å². The van der Waals surface area contributed by atoms with Crippen LogP contribution in [0.5, 0.6) is 11.5 Å². The molecule has 0 saturated heterocycles. The standard InChI is InChI=1S/C24H29NO3/c1-27-21-13-12-20(17-22(21)28-2)24(15-7-4-8-16-24)18-25-23(26)14-11-19-9-5-3-6-10-19/h3,5-6,9-14,17H,4,7-8,15-16,18H2,1-2H3,(H,25,26)/b14-11+. The molecule has 0 atom stereocenters. The van der Waals surface area contributed by atoms with Crippen LogP contribution in [0.4, 0.5) is 0 Å². The van der Waals surface area contributed by atoms with Gasteiger partial charge in [0.05, 0.1) is 14.2 Å². The zero-order valence-corrected chi connectivity index (χ0v) is 16.7. The highest BCUT2D eigenvalue weighted by molar-refractivity contribution is 5.91. The molecular formula is C24H29NO3. The molecule has 0 aromatic heterocycles. The van der Waals surface area contributed by atoms with Gasteiger partial charge in [0.1, 0.15) is 0 Å². The molecular weight excluding hydrogens is 350 g/mol. The normalized spacial score (nSPS) is 15.9. The molecule has 4 nitrogen and oxygen atoms in total. The maximum absolute atomic E-state index is 12.4. The Morgan fingerprint density at radius 1 is 1.00 bits per heavy atom. The van der Waals surface area contributed by atoms with Gasteiger partial charge < -0.3 is 14.8 Å². The Labute approximate surface area is 167 Å². The molecule has 0 radical (unpaired) electrons. The number of hydrogen-bond acceptors (Lipinski definition) is 3. The van der Waals surface area contributed by atoms with Gasteiger partial charge in [-0.1, -0.05) is 55.7 Å². The van der Waals surface area contributed by atoms with E-state index in [1.807, 2.05) is 42.5 Å². The molecule has 0 unspecified atom stereocenters. The van der Waals surface area contributed by atoms with Crippen LogP contribution in [0.15, 0.2) is 54.6 Å². The van der Waals surface area contributed by atoms with Crippen LogP contribution in [0.25, 0.3) is 6.08 Å². The number of ether oxygens (including phenoxy) is 2. The third-order valence-corrected chi connectivity index (χ3v) is 5.63. The number of amides is 1. The summed E-state index contributed by atoms with van der Waals surface area (Å²) < 4.78 is 10.9. The van der Waals surface area contributed by atoms with Gasteiger partial charge in [0.15, 0.2) is 11.5 Å². The van der Waals surface area contributed by atoms with Gasteiger partial charge in [0.25, 0.3) is 0 Å². The maximum atomic E-state index is 12.4. The van der Waals surface area contributed by atoms with Crippen molar-refractivity contribution in [3.63, 3.8) is 0 Å². The van der Waals surface area contributed by atoms with Crippen LogP contribution < -0.4 is 14.8 Å². The number of carbonyl (C=O) groups excluding carboxylic acids is 1. The molecule has 1 N–H and O–H groups in total. The lowest BCUT2D eigenvalue weighted by atomic mass is 9.69. The van der Waals surface area contributed by atoms with Crippen LogP contribution in [0, 0.1) is 0 Å². The molecule has 2 aromatic carbocycles. The molecule has 1 aliphatic rings. The van der Waals surface area contributed by atoms with Gasteiger partial charge in [-0.3, -0.25) is 4.79 Å². The van der Waals surface area contributed by atoms with Crippen LogP contribution >= 0.6 is 0 Å². The van der Waals surface area contributed by atoms with E-state index in [4.69, 9.17) is 9.47 Å². The Bertz CT molecular complexity index is 808. The first-order valence-electron chi connectivity index (χ1n) is 9.90. The second kappa shape index (κ2) is 9.45. The molecule has 148 valence electrons.